The molecule has 1 rings (SSSR count). The van der Waals surface area contributed by atoms with Crippen molar-refractivity contribution >= 4 is 0 Å². The van der Waals surface area contributed by atoms with Gasteiger partial charge in [-0.15, -0.1) is 0 Å². The van der Waals surface area contributed by atoms with Crippen molar-refractivity contribution in [2.24, 2.45) is 0 Å². The quantitative estimate of drug-likeness (QED) is 0.766. The third kappa shape index (κ3) is 4.88. The molecule has 0 bridgehead atoms. The number of rotatable bonds is 7. The Hall–Kier alpha value is -1.00. The molecule has 0 amide bonds. The largest absolute Gasteiger partial charge is 0.311 e. The van der Waals surface area contributed by atoms with Crippen molar-refractivity contribution in [1.82, 2.24) is 10.2 Å². The van der Waals surface area contributed by atoms with Crippen LogP contribution in [0.15, 0.2) is 18.2 Å². The molecule has 0 saturated carbocycles. The van der Waals surface area contributed by atoms with Gasteiger partial charge >= 0.3 is 0 Å². The average Bonchev–Trinajstić information content (AvgIpc) is 2.33. The van der Waals surface area contributed by atoms with E-state index in [-0.39, 0.29) is 0 Å². The fourth-order valence-corrected chi connectivity index (χ4v) is 2.23. The minimum atomic E-state index is -0.787. The Balaban J connectivity index is 2.40. The van der Waals surface area contributed by atoms with Gasteiger partial charge in [0, 0.05) is 37.3 Å². The van der Waals surface area contributed by atoms with Crippen LogP contribution in [-0.4, -0.2) is 30.1 Å². The number of halogens is 2. The highest BCUT2D eigenvalue weighted by atomic mass is 19.2. The van der Waals surface area contributed by atoms with E-state index in [2.05, 4.69) is 37.9 Å². The van der Waals surface area contributed by atoms with Gasteiger partial charge in [0.05, 0.1) is 0 Å². The minimum Gasteiger partial charge on any atom is -0.311 e. The third-order valence-corrected chi connectivity index (χ3v) is 3.22. The highest BCUT2D eigenvalue weighted by Crippen LogP contribution is 2.10. The van der Waals surface area contributed by atoms with E-state index in [1.807, 2.05) is 0 Å². The zero-order valence-corrected chi connectivity index (χ0v) is 12.2. The summed E-state index contributed by atoms with van der Waals surface area (Å²) < 4.78 is 26.4. The van der Waals surface area contributed by atoms with Gasteiger partial charge in [0.25, 0.3) is 0 Å². The predicted octanol–water partition coefficient (Wildman–Crippen LogP) is 3.17. The fraction of sp³-hybridized carbons (Fsp3) is 0.600. The second-order valence-corrected chi connectivity index (χ2v) is 5.32. The predicted molar refractivity (Wildman–Crippen MR) is 75.0 cm³/mol. The summed E-state index contributed by atoms with van der Waals surface area (Å²) in [6, 6.07) is 5.23. The van der Waals surface area contributed by atoms with E-state index in [1.54, 1.807) is 6.07 Å². The molecule has 0 aromatic heterocycles. The molecule has 0 saturated heterocycles. The van der Waals surface area contributed by atoms with Crippen molar-refractivity contribution in [1.29, 1.82) is 0 Å². The molecule has 0 spiro atoms. The Morgan fingerprint density at radius 1 is 1.11 bits per heavy atom. The highest BCUT2D eigenvalue weighted by Gasteiger charge is 2.12. The molecule has 0 atom stereocenters. The summed E-state index contributed by atoms with van der Waals surface area (Å²) in [7, 11) is 0. The maximum Gasteiger partial charge on any atom is 0.163 e. The maximum atomic E-state index is 13.4. The molecule has 0 fully saturated rings. The lowest BCUT2D eigenvalue weighted by atomic mass is 10.2. The summed E-state index contributed by atoms with van der Waals surface area (Å²) in [5.74, 6) is -1.54. The Morgan fingerprint density at radius 2 is 1.74 bits per heavy atom. The van der Waals surface area contributed by atoms with Gasteiger partial charge in [0.1, 0.15) is 0 Å². The first-order valence-corrected chi connectivity index (χ1v) is 6.82. The van der Waals surface area contributed by atoms with Crippen LogP contribution in [0.1, 0.15) is 33.3 Å². The van der Waals surface area contributed by atoms with Gasteiger partial charge in [-0.05, 0) is 33.8 Å². The fourth-order valence-electron chi connectivity index (χ4n) is 2.23. The second-order valence-electron chi connectivity index (χ2n) is 5.32. The number of hydrogen-bond acceptors (Lipinski definition) is 2. The van der Waals surface area contributed by atoms with Gasteiger partial charge in [0.15, 0.2) is 11.6 Å². The molecule has 1 aromatic rings. The molecule has 108 valence electrons. The topological polar surface area (TPSA) is 15.3 Å². The van der Waals surface area contributed by atoms with Crippen molar-refractivity contribution in [3.63, 3.8) is 0 Å². The van der Waals surface area contributed by atoms with E-state index in [9.17, 15) is 8.78 Å². The van der Waals surface area contributed by atoms with Crippen LogP contribution in [0.3, 0.4) is 0 Å². The standard InChI is InChI=1S/C15H24F2N2/c1-11(2)19(12(3)4)9-8-18-10-13-6-5-7-14(16)15(13)17/h5-7,11-12,18H,8-10H2,1-4H3. The normalized spacial score (nSPS) is 11.8. The van der Waals surface area contributed by atoms with Crippen molar-refractivity contribution in [3.05, 3.63) is 35.4 Å². The summed E-state index contributed by atoms with van der Waals surface area (Å²) in [4.78, 5) is 2.36. The summed E-state index contributed by atoms with van der Waals surface area (Å²) in [5.41, 5.74) is 0.376. The molecule has 2 nitrogen and oxygen atoms in total. The van der Waals surface area contributed by atoms with E-state index >= 15 is 0 Å². The minimum absolute atomic E-state index is 0.355. The van der Waals surface area contributed by atoms with Crippen LogP contribution < -0.4 is 5.32 Å². The summed E-state index contributed by atoms with van der Waals surface area (Å²) in [5, 5.41) is 3.16. The van der Waals surface area contributed by atoms with Gasteiger partial charge in [0.2, 0.25) is 0 Å². The van der Waals surface area contributed by atoms with Crippen LogP contribution in [-0.2, 0) is 6.54 Å². The molecule has 0 aliphatic rings. The highest BCUT2D eigenvalue weighted by molar-refractivity contribution is 5.18. The molecule has 1 N–H and O–H groups in total. The monoisotopic (exact) mass is 270 g/mol. The van der Waals surface area contributed by atoms with Gasteiger partial charge < -0.3 is 5.32 Å². The third-order valence-electron chi connectivity index (χ3n) is 3.22. The van der Waals surface area contributed by atoms with Crippen molar-refractivity contribution in [3.8, 4) is 0 Å². The van der Waals surface area contributed by atoms with E-state index in [0.29, 0.717) is 24.2 Å². The van der Waals surface area contributed by atoms with Crippen LogP contribution in [0.25, 0.3) is 0 Å². The second kappa shape index (κ2) is 7.56. The Morgan fingerprint density at radius 3 is 2.32 bits per heavy atom. The SMILES string of the molecule is CC(C)N(CCNCc1cccc(F)c1F)C(C)C. The lowest BCUT2D eigenvalue weighted by molar-refractivity contribution is 0.175. The van der Waals surface area contributed by atoms with Crippen molar-refractivity contribution in [2.75, 3.05) is 13.1 Å². The zero-order chi connectivity index (χ0) is 14.4. The van der Waals surface area contributed by atoms with Crippen LogP contribution in [0.5, 0.6) is 0 Å². The lowest BCUT2D eigenvalue weighted by Gasteiger charge is -2.30. The first kappa shape index (κ1) is 16.1. The van der Waals surface area contributed by atoms with Gasteiger partial charge in [-0.3, -0.25) is 4.90 Å². The van der Waals surface area contributed by atoms with Crippen LogP contribution in [0, 0.1) is 11.6 Å². The molecular formula is C15H24F2N2. The molecule has 1 aromatic carbocycles. The lowest BCUT2D eigenvalue weighted by Crippen LogP contribution is -2.41. The van der Waals surface area contributed by atoms with Gasteiger partial charge in [-0.2, -0.15) is 0 Å². The number of nitrogens with zero attached hydrogens (tertiary/aromatic N) is 1. The first-order valence-electron chi connectivity index (χ1n) is 6.82. The summed E-state index contributed by atoms with van der Waals surface area (Å²) in [6.07, 6.45) is 0. The molecule has 0 aliphatic heterocycles. The number of benzene rings is 1. The first-order chi connectivity index (χ1) is 8.93. The average molecular weight is 270 g/mol. The number of hydrogen-bond donors (Lipinski definition) is 1. The molecule has 4 heteroatoms. The van der Waals surface area contributed by atoms with E-state index in [1.165, 1.54) is 6.07 Å². The van der Waals surface area contributed by atoms with Gasteiger partial charge in [-0.1, -0.05) is 12.1 Å². The molecule has 0 unspecified atom stereocenters. The van der Waals surface area contributed by atoms with Gasteiger partial charge in [-0.25, -0.2) is 8.78 Å². The molecule has 0 aliphatic carbocycles. The number of nitrogens with one attached hydrogen (secondary N) is 1. The van der Waals surface area contributed by atoms with Crippen molar-refractivity contribution in [2.45, 2.75) is 46.3 Å². The molecule has 19 heavy (non-hydrogen) atoms. The Kier molecular flexibility index (Phi) is 6.38. The molecule has 0 heterocycles. The molecular weight excluding hydrogens is 246 g/mol. The van der Waals surface area contributed by atoms with Crippen molar-refractivity contribution < 1.29 is 8.78 Å². The smallest absolute Gasteiger partial charge is 0.163 e. The van der Waals surface area contributed by atoms with Crippen LogP contribution >= 0.6 is 0 Å². The van der Waals surface area contributed by atoms with Crippen LogP contribution in [0.2, 0.25) is 0 Å². The summed E-state index contributed by atoms with van der Waals surface area (Å²) in [6.45, 7) is 10.6. The Labute approximate surface area is 114 Å². The van der Waals surface area contributed by atoms with E-state index in [0.717, 1.165) is 19.2 Å². The Bertz CT molecular complexity index is 384. The van der Waals surface area contributed by atoms with E-state index < -0.39 is 11.6 Å². The van der Waals surface area contributed by atoms with E-state index in [4.69, 9.17) is 0 Å². The molecule has 0 radical (unpaired) electrons. The van der Waals surface area contributed by atoms with Crippen LogP contribution in [0.4, 0.5) is 8.78 Å². The summed E-state index contributed by atoms with van der Waals surface area (Å²) >= 11 is 0. The zero-order valence-electron chi connectivity index (χ0n) is 12.2. The maximum absolute atomic E-state index is 13.4.